The first-order valence-corrected chi connectivity index (χ1v) is 13.5. The lowest BCUT2D eigenvalue weighted by atomic mass is 10.0. The highest BCUT2D eigenvalue weighted by atomic mass is 35.5. The topological polar surface area (TPSA) is 182 Å². The molecule has 0 aromatic carbocycles. The van der Waals surface area contributed by atoms with Crippen LogP contribution < -0.4 is 5.32 Å². The van der Waals surface area contributed by atoms with Crippen LogP contribution in [0.1, 0.15) is 5.56 Å². The number of carboxylic acids is 1. The molecular formula is C17H14Cl2N8O6S3. The Labute approximate surface area is 224 Å². The highest BCUT2D eigenvalue weighted by molar-refractivity contribution is 8.01. The number of aliphatic carboxylic acids is 1. The molecular weight excluding hydrogens is 579 g/mol. The van der Waals surface area contributed by atoms with Crippen molar-refractivity contribution in [2.24, 2.45) is 12.2 Å². The number of tetrazole rings is 1. The number of carbonyl (C=O) groups excluding carboxylic acids is 3. The summed E-state index contributed by atoms with van der Waals surface area (Å²) < 4.78 is 5.33. The third-order valence-electron chi connectivity index (χ3n) is 4.82. The number of halogens is 2. The van der Waals surface area contributed by atoms with Gasteiger partial charge >= 0.3 is 11.9 Å². The summed E-state index contributed by atoms with van der Waals surface area (Å²) in [5, 5.41) is 28.3. The van der Waals surface area contributed by atoms with E-state index in [1.165, 1.54) is 39.8 Å². The van der Waals surface area contributed by atoms with Crippen LogP contribution in [0.2, 0.25) is 0 Å². The van der Waals surface area contributed by atoms with Gasteiger partial charge in [-0.25, -0.2) is 18.6 Å². The molecule has 4 rings (SSSR count). The summed E-state index contributed by atoms with van der Waals surface area (Å²) in [6.07, 6.45) is 1.32. The van der Waals surface area contributed by atoms with Crippen LogP contribution >= 0.6 is 58.3 Å². The van der Waals surface area contributed by atoms with Gasteiger partial charge in [-0.05, 0) is 27.5 Å². The van der Waals surface area contributed by atoms with Gasteiger partial charge in [-0.1, -0.05) is 40.1 Å². The SMILES string of the molecule is Cn1nnnc1SCC1=C(C(=O)O)N2C(=O)C(NC(=O)/C(=N/OC(=O)C(Cl)Cl)c3cnsc3)[C@H]2SC1. The fraction of sp³-hybridized carbons (Fsp3) is 0.353. The van der Waals surface area contributed by atoms with E-state index in [0.29, 0.717) is 16.5 Å². The molecule has 0 saturated carbocycles. The van der Waals surface area contributed by atoms with E-state index in [9.17, 15) is 24.3 Å². The van der Waals surface area contributed by atoms with Crippen LogP contribution in [-0.4, -0.2) is 91.8 Å². The number of amides is 2. The molecule has 2 atom stereocenters. The molecule has 1 fully saturated rings. The molecule has 2 aromatic heterocycles. The fourth-order valence-electron chi connectivity index (χ4n) is 3.18. The monoisotopic (exact) mass is 592 g/mol. The lowest BCUT2D eigenvalue weighted by molar-refractivity contribution is -0.150. The van der Waals surface area contributed by atoms with Crippen molar-refractivity contribution in [2.45, 2.75) is 21.4 Å². The van der Waals surface area contributed by atoms with Gasteiger partial charge < -0.3 is 15.3 Å². The first-order chi connectivity index (χ1) is 17.2. The molecule has 1 unspecified atom stereocenters. The van der Waals surface area contributed by atoms with Crippen LogP contribution in [0.15, 0.2) is 33.2 Å². The first kappa shape index (κ1) is 26.3. The Morgan fingerprint density at radius 2 is 2.19 bits per heavy atom. The minimum Gasteiger partial charge on any atom is -0.477 e. The van der Waals surface area contributed by atoms with Crippen molar-refractivity contribution < 1.29 is 29.1 Å². The second kappa shape index (κ2) is 11.1. The first-order valence-electron chi connectivity index (χ1n) is 9.71. The zero-order valence-electron chi connectivity index (χ0n) is 17.9. The van der Waals surface area contributed by atoms with Crippen molar-refractivity contribution in [2.75, 3.05) is 11.5 Å². The number of hydrogen-bond acceptors (Lipinski definition) is 13. The Balaban J connectivity index is 1.49. The summed E-state index contributed by atoms with van der Waals surface area (Å²) in [5.74, 6) is -3.24. The van der Waals surface area contributed by atoms with Crippen LogP contribution in [0.5, 0.6) is 0 Å². The van der Waals surface area contributed by atoms with Crippen molar-refractivity contribution >= 4 is 87.7 Å². The Morgan fingerprint density at radius 1 is 1.42 bits per heavy atom. The van der Waals surface area contributed by atoms with Gasteiger partial charge in [-0.15, -0.1) is 16.9 Å². The number of rotatable bonds is 9. The predicted octanol–water partition coefficient (Wildman–Crippen LogP) is 0.248. The maximum atomic E-state index is 12.9. The number of alkyl halides is 2. The Bertz CT molecular complexity index is 1270. The molecule has 0 aliphatic carbocycles. The zero-order valence-corrected chi connectivity index (χ0v) is 21.9. The number of hydrogen-bond donors (Lipinski definition) is 2. The van der Waals surface area contributed by atoms with Gasteiger partial charge in [0.25, 0.3) is 11.8 Å². The van der Waals surface area contributed by atoms with E-state index in [1.807, 2.05) is 0 Å². The minimum absolute atomic E-state index is 0.142. The third kappa shape index (κ3) is 5.34. The number of thioether (sulfide) groups is 2. The maximum Gasteiger partial charge on any atom is 0.367 e. The number of carboxylic acid groups (broad SMARTS) is 1. The third-order valence-corrected chi connectivity index (χ3v) is 8.20. The van der Waals surface area contributed by atoms with Crippen LogP contribution in [0.3, 0.4) is 0 Å². The molecule has 0 spiro atoms. The van der Waals surface area contributed by atoms with Gasteiger partial charge in [-0.2, -0.15) is 0 Å². The standard InChI is InChI=1S/C17H14Cl2N8O6S3/c1-26-17(22-24-25-26)35-4-7-3-34-14-9(13(29)27(14)10(7)15(30)31)21-12(28)8(6-2-20-36-5-6)23-33-16(32)11(18)19/h2,5,9,11,14H,3-4H2,1H3,(H,21,28)(H,30,31)/b23-8+/t9?,14-/m1/s1. The Hall–Kier alpha value is -2.73. The predicted molar refractivity (Wildman–Crippen MR) is 129 cm³/mol. The highest BCUT2D eigenvalue weighted by Crippen LogP contribution is 2.41. The van der Waals surface area contributed by atoms with E-state index in [2.05, 4.69) is 35.2 Å². The maximum absolute atomic E-state index is 12.9. The number of nitrogens with one attached hydrogen (secondary N) is 1. The lowest BCUT2D eigenvalue weighted by Gasteiger charge is -2.49. The second-order valence-electron chi connectivity index (χ2n) is 7.06. The molecule has 0 radical (unpaired) electrons. The number of aryl methyl sites for hydroxylation is 1. The smallest absolute Gasteiger partial charge is 0.367 e. The summed E-state index contributed by atoms with van der Waals surface area (Å²) in [6, 6.07) is -1.03. The molecule has 2 N–H and O–H groups in total. The van der Waals surface area contributed by atoms with Gasteiger partial charge in [0, 0.05) is 29.5 Å². The van der Waals surface area contributed by atoms with E-state index in [1.54, 1.807) is 7.05 Å². The van der Waals surface area contributed by atoms with E-state index in [-0.39, 0.29) is 22.7 Å². The minimum atomic E-state index is -1.52. The molecule has 2 amide bonds. The lowest BCUT2D eigenvalue weighted by Crippen LogP contribution is -2.71. The van der Waals surface area contributed by atoms with Gasteiger partial charge in [0.15, 0.2) is 5.71 Å². The summed E-state index contributed by atoms with van der Waals surface area (Å²) in [6.45, 7) is 0. The number of oxime groups is 1. The number of carbonyl (C=O) groups is 4. The summed E-state index contributed by atoms with van der Waals surface area (Å²) in [4.78, 5) is 53.7. The zero-order chi connectivity index (χ0) is 26.0. The van der Waals surface area contributed by atoms with Crippen LogP contribution in [-0.2, 0) is 31.1 Å². The number of fused-ring (bicyclic) bond motifs is 1. The molecule has 19 heteroatoms. The van der Waals surface area contributed by atoms with Crippen molar-refractivity contribution in [3.8, 4) is 0 Å². The molecule has 190 valence electrons. The van der Waals surface area contributed by atoms with E-state index >= 15 is 0 Å². The van der Waals surface area contributed by atoms with Gasteiger partial charge in [0.1, 0.15) is 17.1 Å². The van der Waals surface area contributed by atoms with Crippen LogP contribution in [0.25, 0.3) is 0 Å². The Kier molecular flexibility index (Phi) is 8.13. The van der Waals surface area contributed by atoms with Crippen molar-refractivity contribution in [1.82, 2.24) is 34.8 Å². The summed E-state index contributed by atoms with van der Waals surface area (Å²) >= 11 is 14.4. The van der Waals surface area contributed by atoms with Gasteiger partial charge in [0.05, 0.1) is 6.20 Å². The van der Waals surface area contributed by atoms with Crippen molar-refractivity contribution in [3.05, 3.63) is 28.4 Å². The number of aromatic nitrogens is 5. The highest BCUT2D eigenvalue weighted by Gasteiger charge is 2.54. The van der Waals surface area contributed by atoms with Gasteiger partial charge in [-0.3, -0.25) is 14.5 Å². The largest absolute Gasteiger partial charge is 0.477 e. The summed E-state index contributed by atoms with van der Waals surface area (Å²) in [7, 11) is 1.65. The second-order valence-corrected chi connectivity index (χ2v) is 10.9. The molecule has 4 heterocycles. The number of β-lactam (4-membered cyclic amide) rings is 1. The van der Waals surface area contributed by atoms with E-state index in [4.69, 9.17) is 23.2 Å². The van der Waals surface area contributed by atoms with E-state index < -0.39 is 40.0 Å². The average Bonchev–Trinajstić information content (AvgIpc) is 3.52. The molecule has 36 heavy (non-hydrogen) atoms. The molecule has 0 bridgehead atoms. The van der Waals surface area contributed by atoms with Crippen LogP contribution in [0, 0.1) is 0 Å². The van der Waals surface area contributed by atoms with Crippen molar-refractivity contribution in [1.29, 1.82) is 0 Å². The molecule has 2 aromatic rings. The fourth-order valence-corrected chi connectivity index (χ4v) is 6.11. The molecule has 14 nitrogen and oxygen atoms in total. The van der Waals surface area contributed by atoms with Gasteiger partial charge in [0.2, 0.25) is 9.99 Å². The normalized spacial score (nSPS) is 19.7. The van der Waals surface area contributed by atoms with E-state index in [0.717, 1.165) is 16.4 Å². The molecule has 2 aliphatic heterocycles. The van der Waals surface area contributed by atoms with Crippen molar-refractivity contribution in [3.63, 3.8) is 0 Å². The number of nitrogens with zero attached hydrogens (tertiary/aromatic N) is 7. The van der Waals surface area contributed by atoms with Crippen LogP contribution in [0.4, 0.5) is 0 Å². The Morgan fingerprint density at radius 3 is 2.81 bits per heavy atom. The molecule has 2 aliphatic rings. The summed E-state index contributed by atoms with van der Waals surface area (Å²) in [5.41, 5.74) is 0.276. The molecule has 1 saturated heterocycles. The average molecular weight is 593 g/mol. The quantitative estimate of drug-likeness (QED) is 0.101.